The van der Waals surface area contributed by atoms with Crippen molar-refractivity contribution in [1.29, 1.82) is 0 Å². The third-order valence-electron chi connectivity index (χ3n) is 4.14. The Kier molecular flexibility index (Phi) is 5.86. The minimum absolute atomic E-state index is 0.00721. The highest BCUT2D eigenvalue weighted by Gasteiger charge is 2.13. The molecule has 5 heteroatoms. The number of amides is 1. The van der Waals surface area contributed by atoms with Crippen LogP contribution in [0.25, 0.3) is 22.2 Å². The highest BCUT2D eigenvalue weighted by molar-refractivity contribution is 6.31. The molecule has 0 aliphatic carbocycles. The molecule has 26 heavy (non-hydrogen) atoms. The van der Waals surface area contributed by atoms with Crippen molar-refractivity contribution < 1.29 is 4.79 Å². The lowest BCUT2D eigenvalue weighted by Gasteiger charge is -2.13. The van der Waals surface area contributed by atoms with Crippen molar-refractivity contribution in [3.05, 3.63) is 65.2 Å². The number of halogens is 1. The van der Waals surface area contributed by atoms with E-state index in [1.807, 2.05) is 73.6 Å². The number of nitrogens with zero attached hydrogens (tertiary/aromatic N) is 2. The summed E-state index contributed by atoms with van der Waals surface area (Å²) in [7, 11) is 3.97. The zero-order valence-electron chi connectivity index (χ0n) is 15.0. The van der Waals surface area contributed by atoms with E-state index in [-0.39, 0.29) is 12.3 Å². The number of hydrogen-bond donors (Lipinski definition) is 1. The number of pyridine rings is 1. The van der Waals surface area contributed by atoms with Crippen LogP contribution in [0.5, 0.6) is 0 Å². The number of nitrogens with one attached hydrogen (secondary N) is 1. The maximum absolute atomic E-state index is 12.4. The van der Waals surface area contributed by atoms with E-state index < -0.39 is 0 Å². The fourth-order valence-corrected chi connectivity index (χ4v) is 3.01. The number of fused-ring (bicyclic) bond motifs is 1. The van der Waals surface area contributed by atoms with Gasteiger partial charge in [0.2, 0.25) is 5.91 Å². The molecule has 0 aliphatic heterocycles. The van der Waals surface area contributed by atoms with Crippen molar-refractivity contribution >= 4 is 28.4 Å². The molecule has 3 aromatic rings. The average molecular weight is 368 g/mol. The van der Waals surface area contributed by atoms with Gasteiger partial charge in [0.15, 0.2) is 0 Å². The molecule has 0 aliphatic rings. The third kappa shape index (κ3) is 4.59. The molecule has 0 spiro atoms. The Balaban J connectivity index is 1.94. The number of benzene rings is 2. The Labute approximate surface area is 158 Å². The average Bonchev–Trinajstić information content (AvgIpc) is 2.61. The minimum atomic E-state index is -0.00721. The summed E-state index contributed by atoms with van der Waals surface area (Å²) in [6, 6.07) is 17.6. The van der Waals surface area contributed by atoms with Crippen molar-refractivity contribution in [1.82, 2.24) is 15.2 Å². The molecule has 0 fully saturated rings. The zero-order valence-corrected chi connectivity index (χ0v) is 15.8. The van der Waals surface area contributed by atoms with Gasteiger partial charge in [-0.25, -0.2) is 4.98 Å². The number of carbonyl (C=O) groups is 1. The molecule has 0 unspecified atom stereocenters. The summed E-state index contributed by atoms with van der Waals surface area (Å²) in [6.45, 7) is 1.43. The molecule has 4 nitrogen and oxygen atoms in total. The topological polar surface area (TPSA) is 45.2 Å². The predicted molar refractivity (Wildman–Crippen MR) is 107 cm³/mol. The fraction of sp³-hybridized carbons (Fsp3) is 0.238. The summed E-state index contributed by atoms with van der Waals surface area (Å²) in [5, 5.41) is 4.56. The highest BCUT2D eigenvalue weighted by Crippen LogP contribution is 2.27. The molecule has 3 rings (SSSR count). The van der Waals surface area contributed by atoms with Crippen molar-refractivity contribution in [2.24, 2.45) is 0 Å². The van der Waals surface area contributed by atoms with E-state index in [0.29, 0.717) is 11.6 Å². The fourth-order valence-electron chi connectivity index (χ4n) is 2.83. The lowest BCUT2D eigenvalue weighted by atomic mass is 10.0. The molecular weight excluding hydrogens is 346 g/mol. The van der Waals surface area contributed by atoms with E-state index in [2.05, 4.69) is 5.32 Å². The van der Waals surface area contributed by atoms with E-state index in [9.17, 15) is 4.79 Å². The smallest absolute Gasteiger partial charge is 0.224 e. The van der Waals surface area contributed by atoms with Gasteiger partial charge in [-0.3, -0.25) is 4.79 Å². The van der Waals surface area contributed by atoms with Gasteiger partial charge in [0.25, 0.3) is 0 Å². The Morgan fingerprint density at radius 1 is 1.12 bits per heavy atom. The van der Waals surface area contributed by atoms with Gasteiger partial charge in [-0.1, -0.05) is 41.9 Å². The highest BCUT2D eigenvalue weighted by atomic mass is 35.5. The lowest BCUT2D eigenvalue weighted by Crippen LogP contribution is -2.32. The lowest BCUT2D eigenvalue weighted by molar-refractivity contribution is -0.120. The predicted octanol–water partition coefficient (Wildman–Crippen LogP) is 3.78. The Bertz CT molecular complexity index is 910. The van der Waals surface area contributed by atoms with E-state index in [1.165, 1.54) is 0 Å². The second-order valence-corrected chi connectivity index (χ2v) is 6.97. The molecule has 1 heterocycles. The summed E-state index contributed by atoms with van der Waals surface area (Å²) in [4.78, 5) is 19.2. The van der Waals surface area contributed by atoms with Crippen molar-refractivity contribution in [3.8, 4) is 11.3 Å². The van der Waals surface area contributed by atoms with Crippen LogP contribution in [0.15, 0.2) is 54.6 Å². The van der Waals surface area contributed by atoms with Gasteiger partial charge in [0, 0.05) is 29.1 Å². The summed E-state index contributed by atoms with van der Waals surface area (Å²) < 4.78 is 0. The quantitative estimate of drug-likeness (QED) is 0.721. The van der Waals surface area contributed by atoms with Gasteiger partial charge in [-0.2, -0.15) is 0 Å². The van der Waals surface area contributed by atoms with Crippen LogP contribution in [-0.2, 0) is 11.2 Å². The third-order valence-corrected chi connectivity index (χ3v) is 4.37. The number of rotatable bonds is 6. The van der Waals surface area contributed by atoms with Crippen LogP contribution in [0, 0.1) is 0 Å². The van der Waals surface area contributed by atoms with Crippen LogP contribution < -0.4 is 5.32 Å². The van der Waals surface area contributed by atoms with E-state index in [4.69, 9.17) is 16.6 Å². The van der Waals surface area contributed by atoms with Gasteiger partial charge < -0.3 is 10.2 Å². The molecule has 134 valence electrons. The maximum atomic E-state index is 12.4. The monoisotopic (exact) mass is 367 g/mol. The number of hydrogen-bond acceptors (Lipinski definition) is 3. The number of likely N-dealkylation sites (N-methyl/N-ethyl adjacent to an activating group) is 1. The first-order valence-corrected chi connectivity index (χ1v) is 8.97. The first-order chi connectivity index (χ1) is 12.5. The van der Waals surface area contributed by atoms with Gasteiger partial charge in [-0.15, -0.1) is 0 Å². The second-order valence-electron chi connectivity index (χ2n) is 6.53. The molecule has 0 radical (unpaired) electrons. The van der Waals surface area contributed by atoms with E-state index >= 15 is 0 Å². The summed E-state index contributed by atoms with van der Waals surface area (Å²) in [5.74, 6) is -0.00721. The van der Waals surface area contributed by atoms with Gasteiger partial charge in [0.05, 0.1) is 17.6 Å². The Morgan fingerprint density at radius 2 is 1.88 bits per heavy atom. The Morgan fingerprint density at radius 3 is 2.62 bits per heavy atom. The van der Waals surface area contributed by atoms with Crippen LogP contribution in [-0.4, -0.2) is 43.0 Å². The van der Waals surface area contributed by atoms with Gasteiger partial charge in [0.1, 0.15) is 0 Å². The van der Waals surface area contributed by atoms with Crippen LogP contribution in [0.2, 0.25) is 5.02 Å². The Hall–Kier alpha value is -2.43. The molecule has 1 N–H and O–H groups in total. The summed E-state index contributed by atoms with van der Waals surface area (Å²) in [5.41, 5.74) is 3.60. The molecule has 0 atom stereocenters. The normalized spacial score (nSPS) is 11.1. The van der Waals surface area contributed by atoms with Crippen LogP contribution in [0.4, 0.5) is 0 Å². The van der Waals surface area contributed by atoms with E-state index in [0.717, 1.165) is 34.3 Å². The van der Waals surface area contributed by atoms with Crippen LogP contribution in [0.3, 0.4) is 0 Å². The van der Waals surface area contributed by atoms with Crippen LogP contribution in [0.1, 0.15) is 5.56 Å². The summed E-state index contributed by atoms with van der Waals surface area (Å²) >= 11 is 6.12. The standard InChI is InChI=1S/C21H22ClN3O/c1-25(2)11-10-23-20(26)14-17-12-16-13-18(22)8-9-19(16)24-21(17)15-6-4-3-5-7-15/h3-9,12-13H,10-11,14H2,1-2H3,(H,23,26). The molecule has 0 saturated heterocycles. The SMILES string of the molecule is CN(C)CCNC(=O)Cc1cc2cc(Cl)ccc2nc1-c1ccccc1. The zero-order chi connectivity index (χ0) is 18.5. The molecule has 2 aromatic carbocycles. The first kappa shape index (κ1) is 18.4. The number of carbonyl (C=O) groups excluding carboxylic acids is 1. The number of aromatic nitrogens is 1. The van der Waals surface area contributed by atoms with E-state index in [1.54, 1.807) is 0 Å². The van der Waals surface area contributed by atoms with Crippen LogP contribution >= 0.6 is 11.6 Å². The molecule has 1 aromatic heterocycles. The first-order valence-electron chi connectivity index (χ1n) is 8.59. The molecular formula is C21H22ClN3O. The van der Waals surface area contributed by atoms with Gasteiger partial charge >= 0.3 is 0 Å². The largest absolute Gasteiger partial charge is 0.355 e. The molecule has 0 bridgehead atoms. The molecule has 0 saturated carbocycles. The van der Waals surface area contributed by atoms with Crippen molar-refractivity contribution in [2.45, 2.75) is 6.42 Å². The van der Waals surface area contributed by atoms with Gasteiger partial charge in [-0.05, 0) is 43.9 Å². The van der Waals surface area contributed by atoms with Crippen molar-refractivity contribution in [3.63, 3.8) is 0 Å². The minimum Gasteiger partial charge on any atom is -0.355 e. The summed E-state index contributed by atoms with van der Waals surface area (Å²) in [6.07, 6.45) is 0.285. The van der Waals surface area contributed by atoms with Crippen molar-refractivity contribution in [2.75, 3.05) is 27.2 Å². The second kappa shape index (κ2) is 8.30. The maximum Gasteiger partial charge on any atom is 0.224 e. The molecule has 1 amide bonds.